The first-order valence-corrected chi connectivity index (χ1v) is 20.1. The smallest absolute Gasteiger partial charge is 0.255 e. The lowest BCUT2D eigenvalue weighted by Gasteiger charge is -2.22. The average molecular weight is 738 g/mol. The van der Waals surface area contributed by atoms with Crippen LogP contribution in [0.25, 0.3) is 11.1 Å². The number of hydrogen-bond donors (Lipinski definition) is 4. The number of hydrogen-bond acceptors (Lipinski definition) is 5. The maximum atomic E-state index is 12.8. The normalized spacial score (nSPS) is 12.3. The molecule has 3 aromatic carbocycles. The summed E-state index contributed by atoms with van der Waals surface area (Å²) < 4.78 is 0. The van der Waals surface area contributed by atoms with Gasteiger partial charge >= 0.3 is 0 Å². The highest BCUT2D eigenvalue weighted by Gasteiger charge is 2.15. The molecule has 6 nitrogen and oxygen atoms in total. The van der Waals surface area contributed by atoms with Crippen molar-refractivity contribution >= 4 is 34.1 Å². The number of rotatable bonds is 18. The summed E-state index contributed by atoms with van der Waals surface area (Å²) in [7, 11) is 0. The van der Waals surface area contributed by atoms with E-state index in [1.807, 2.05) is 39.0 Å². The zero-order valence-corrected chi connectivity index (χ0v) is 35.4. The number of nitrogens with zero attached hydrogens (tertiary/aromatic N) is 1. The molecule has 0 aliphatic rings. The van der Waals surface area contributed by atoms with Gasteiger partial charge in [0.1, 0.15) is 11.5 Å². The molecule has 0 aromatic heterocycles. The molecule has 1 atom stereocenters. The largest absolute Gasteiger partial charge is 0.507 e. The zero-order chi connectivity index (χ0) is 40.6. The van der Waals surface area contributed by atoms with Crippen LogP contribution < -0.4 is 10.6 Å². The van der Waals surface area contributed by atoms with Crippen LogP contribution in [0.3, 0.4) is 0 Å². The van der Waals surface area contributed by atoms with E-state index in [0.29, 0.717) is 11.1 Å². The van der Waals surface area contributed by atoms with Crippen LogP contribution in [0.4, 0.5) is 17.1 Å². The lowest BCUT2D eigenvalue weighted by atomic mass is 9.96. The Morgan fingerprint density at radius 1 is 0.870 bits per heavy atom. The third-order valence-corrected chi connectivity index (χ3v) is 9.54. The van der Waals surface area contributed by atoms with Gasteiger partial charge in [-0.15, -0.1) is 0 Å². The SMILES string of the molecule is C=C/C=C(\C=C/C)c1c(O)cc(NC(=O)c2ccc(Nc3ccc(C)c(/C(C)=C(/C)CC)c3)cc2)cc1O.CC.CCCCN(CCC)CCC(C)CC. The van der Waals surface area contributed by atoms with Crippen molar-refractivity contribution in [3.8, 4) is 11.5 Å². The Hall–Kier alpha value is -4.55. The Morgan fingerprint density at radius 2 is 1.50 bits per heavy atom. The quantitative estimate of drug-likeness (QED) is 0.0977. The molecule has 0 saturated heterocycles. The van der Waals surface area contributed by atoms with Crippen LogP contribution in [-0.4, -0.2) is 40.7 Å². The summed E-state index contributed by atoms with van der Waals surface area (Å²) >= 11 is 0. The van der Waals surface area contributed by atoms with E-state index >= 15 is 0 Å². The van der Waals surface area contributed by atoms with E-state index in [1.54, 1.807) is 36.4 Å². The molecule has 0 fully saturated rings. The third kappa shape index (κ3) is 15.8. The highest BCUT2D eigenvalue weighted by atomic mass is 16.3. The van der Waals surface area contributed by atoms with Crippen molar-refractivity contribution in [1.29, 1.82) is 0 Å². The van der Waals surface area contributed by atoms with Gasteiger partial charge in [-0.05, 0) is 138 Å². The van der Waals surface area contributed by atoms with E-state index < -0.39 is 0 Å². The van der Waals surface area contributed by atoms with Gasteiger partial charge in [-0.3, -0.25) is 4.79 Å². The summed E-state index contributed by atoms with van der Waals surface area (Å²) in [5.41, 5.74) is 8.54. The van der Waals surface area contributed by atoms with Gasteiger partial charge in [-0.2, -0.15) is 0 Å². The van der Waals surface area contributed by atoms with Gasteiger partial charge in [0.2, 0.25) is 0 Å². The monoisotopic (exact) mass is 738 g/mol. The van der Waals surface area contributed by atoms with Gasteiger partial charge in [0, 0.05) is 34.8 Å². The van der Waals surface area contributed by atoms with E-state index in [0.717, 1.165) is 23.7 Å². The second-order valence-electron chi connectivity index (χ2n) is 13.7. The Morgan fingerprint density at radius 3 is 2.04 bits per heavy atom. The first-order valence-electron chi connectivity index (χ1n) is 20.1. The van der Waals surface area contributed by atoms with Crippen molar-refractivity contribution in [2.75, 3.05) is 30.3 Å². The van der Waals surface area contributed by atoms with Crippen LogP contribution in [0.2, 0.25) is 0 Å². The van der Waals surface area contributed by atoms with Gasteiger partial charge < -0.3 is 25.7 Å². The number of aromatic hydroxyl groups is 2. The topological polar surface area (TPSA) is 84.8 Å². The van der Waals surface area contributed by atoms with Crippen LogP contribution in [0, 0.1) is 12.8 Å². The molecule has 0 aliphatic carbocycles. The number of aryl methyl sites for hydroxylation is 1. The number of unbranched alkanes of at least 4 members (excludes halogenated alkanes) is 1. The number of phenols is 2. The van der Waals surface area contributed by atoms with E-state index in [2.05, 4.69) is 89.6 Å². The fourth-order valence-corrected chi connectivity index (χ4v) is 5.82. The number of nitrogens with one attached hydrogen (secondary N) is 2. The fraction of sp³-hybridized carbons (Fsp3) is 0.438. The zero-order valence-electron chi connectivity index (χ0n) is 35.4. The molecule has 0 radical (unpaired) electrons. The number of carbonyl (C=O) groups excluding carboxylic acids is 1. The Labute approximate surface area is 328 Å². The van der Waals surface area contributed by atoms with Crippen molar-refractivity contribution in [1.82, 2.24) is 4.90 Å². The number of benzene rings is 3. The van der Waals surface area contributed by atoms with Crippen LogP contribution in [0.5, 0.6) is 11.5 Å². The maximum Gasteiger partial charge on any atom is 0.255 e. The molecule has 0 bridgehead atoms. The summed E-state index contributed by atoms with van der Waals surface area (Å²) in [4.78, 5) is 15.5. The van der Waals surface area contributed by atoms with Crippen molar-refractivity contribution in [2.24, 2.45) is 5.92 Å². The van der Waals surface area contributed by atoms with Crippen molar-refractivity contribution in [3.05, 3.63) is 113 Å². The van der Waals surface area contributed by atoms with E-state index in [4.69, 9.17) is 0 Å². The number of allylic oxidation sites excluding steroid dienone is 7. The minimum Gasteiger partial charge on any atom is -0.507 e. The number of phenolic OH excluding ortho intramolecular Hbond substituents is 2. The van der Waals surface area contributed by atoms with Crippen molar-refractivity contribution in [3.63, 3.8) is 0 Å². The number of carbonyl (C=O) groups is 1. The molecular formula is C48H71N3O3. The predicted molar refractivity (Wildman–Crippen MR) is 237 cm³/mol. The highest BCUT2D eigenvalue weighted by Crippen LogP contribution is 2.37. The second-order valence-corrected chi connectivity index (χ2v) is 13.7. The Kier molecular flexibility index (Phi) is 23.1. The summed E-state index contributed by atoms with van der Waals surface area (Å²) in [5.74, 6) is 0.244. The van der Waals surface area contributed by atoms with Gasteiger partial charge in [0.15, 0.2) is 0 Å². The molecule has 3 aromatic rings. The second kappa shape index (κ2) is 26.3. The lowest BCUT2D eigenvalue weighted by Crippen LogP contribution is -2.27. The highest BCUT2D eigenvalue weighted by molar-refractivity contribution is 6.05. The summed E-state index contributed by atoms with van der Waals surface area (Å²) in [6.45, 7) is 31.2. The van der Waals surface area contributed by atoms with Gasteiger partial charge in [0.05, 0.1) is 5.56 Å². The van der Waals surface area contributed by atoms with Crippen LogP contribution in [0.15, 0.2) is 91.1 Å². The molecule has 0 heterocycles. The van der Waals surface area contributed by atoms with E-state index in [9.17, 15) is 15.0 Å². The molecule has 0 saturated carbocycles. The van der Waals surface area contributed by atoms with Crippen LogP contribution >= 0.6 is 0 Å². The molecule has 4 N–H and O–H groups in total. The lowest BCUT2D eigenvalue weighted by molar-refractivity contribution is 0.102. The minimum absolute atomic E-state index is 0.150. The Bertz CT molecular complexity index is 1640. The first kappa shape index (κ1) is 47.5. The molecule has 296 valence electrons. The molecule has 3 rings (SSSR count). The van der Waals surface area contributed by atoms with Crippen molar-refractivity contribution < 1.29 is 15.0 Å². The fourth-order valence-electron chi connectivity index (χ4n) is 5.82. The van der Waals surface area contributed by atoms with Gasteiger partial charge in [-0.25, -0.2) is 0 Å². The van der Waals surface area contributed by atoms with Gasteiger partial charge in [-0.1, -0.05) is 104 Å². The summed E-state index contributed by atoms with van der Waals surface area (Å²) in [6.07, 6.45) is 14.5. The summed E-state index contributed by atoms with van der Waals surface area (Å²) in [5, 5.41) is 27.2. The number of amides is 1. The Balaban J connectivity index is 0.000000768. The maximum absolute atomic E-state index is 12.8. The summed E-state index contributed by atoms with van der Waals surface area (Å²) in [6, 6.07) is 16.3. The number of anilines is 3. The van der Waals surface area contributed by atoms with E-state index in [-0.39, 0.29) is 28.7 Å². The van der Waals surface area contributed by atoms with Crippen LogP contribution in [0.1, 0.15) is 135 Å². The molecular weight excluding hydrogens is 667 g/mol. The average Bonchev–Trinajstić information content (AvgIpc) is 3.17. The predicted octanol–water partition coefficient (Wildman–Crippen LogP) is 13.7. The molecule has 1 unspecified atom stereocenters. The first-order chi connectivity index (χ1) is 25.9. The molecule has 54 heavy (non-hydrogen) atoms. The van der Waals surface area contributed by atoms with Crippen LogP contribution in [-0.2, 0) is 0 Å². The molecule has 6 heteroatoms. The molecule has 0 aliphatic heterocycles. The minimum atomic E-state index is -0.355. The van der Waals surface area contributed by atoms with Gasteiger partial charge in [0.25, 0.3) is 5.91 Å². The third-order valence-electron chi connectivity index (χ3n) is 9.54. The van der Waals surface area contributed by atoms with Crippen molar-refractivity contribution in [2.45, 2.75) is 115 Å². The standard InChI is InChI=1S/C33H36N2O3.C13H29N.C2H6/c1-7-10-24(11-8-2)32-30(36)19-28(20-31(32)37)35-33(38)25-13-16-26(17-14-25)34-27-15-12-22(5)29(18-27)23(6)21(4)9-3;1-5-8-11-14(10-6-2)12-9-13(4)7-3;1-2/h7-8,10-20,34,36-37H,1,9H2,2-6H3,(H,35,38);13H,5-12H2,1-4H3;1-2H3/b11-8-,23-21-,24-10+;;. The molecule has 1 amide bonds. The van der Waals surface area contributed by atoms with E-state index in [1.165, 1.54) is 86.1 Å². The molecule has 0 spiro atoms.